The lowest BCUT2D eigenvalue weighted by atomic mass is 9.89. The molecule has 3 aromatic rings. The van der Waals surface area contributed by atoms with Gasteiger partial charge in [-0.25, -0.2) is 13.4 Å². The molecule has 0 bridgehead atoms. The maximum absolute atomic E-state index is 13.9. The highest BCUT2D eigenvalue weighted by molar-refractivity contribution is 7.89. The van der Waals surface area contributed by atoms with Crippen LogP contribution in [0.4, 0.5) is 13.2 Å². The number of sulfonamides is 1. The van der Waals surface area contributed by atoms with Crippen molar-refractivity contribution in [2.24, 2.45) is 5.41 Å². The van der Waals surface area contributed by atoms with E-state index in [9.17, 15) is 31.2 Å². The van der Waals surface area contributed by atoms with Crippen LogP contribution in [0.3, 0.4) is 0 Å². The SMILES string of the molecule is CC[C@H](NS(=O)(=O)c1ccc(-c2sc(-c3noc(CC(C)(C)C(=O)OC)n3)nc2C(=O)N2CCCC[C@@H]2C)c(Cl)c1Cl)C(F)(F)F. The quantitative estimate of drug-likeness (QED) is 0.230. The molecule has 2 aromatic heterocycles. The normalized spacial score (nSPS) is 16.8. The van der Waals surface area contributed by atoms with Crippen molar-refractivity contribution in [2.75, 3.05) is 13.7 Å². The number of nitrogens with zero attached hydrogens (tertiary/aromatic N) is 4. The molecule has 252 valence electrons. The van der Waals surface area contributed by atoms with Gasteiger partial charge in [-0.1, -0.05) is 41.3 Å². The number of hydrogen-bond acceptors (Lipinski definition) is 10. The van der Waals surface area contributed by atoms with Crippen LogP contribution in [0.25, 0.3) is 21.3 Å². The smallest absolute Gasteiger partial charge is 0.404 e. The van der Waals surface area contributed by atoms with Crippen molar-refractivity contribution in [3.63, 3.8) is 0 Å². The Kier molecular flexibility index (Phi) is 10.8. The second kappa shape index (κ2) is 13.7. The average molecular weight is 727 g/mol. The summed E-state index contributed by atoms with van der Waals surface area (Å²) in [6.07, 6.45) is -2.80. The molecule has 46 heavy (non-hydrogen) atoms. The first-order valence-electron chi connectivity index (χ1n) is 14.2. The molecular formula is C28H32Cl2F3N5O6S2. The molecule has 0 saturated carbocycles. The summed E-state index contributed by atoms with van der Waals surface area (Å²) in [5.74, 6) is -0.757. The summed E-state index contributed by atoms with van der Waals surface area (Å²) in [5.41, 5.74) is -0.873. The molecule has 0 radical (unpaired) electrons. The van der Waals surface area contributed by atoms with E-state index in [2.05, 4.69) is 15.1 Å². The van der Waals surface area contributed by atoms with E-state index in [-0.39, 0.29) is 50.3 Å². The predicted molar refractivity (Wildman–Crippen MR) is 165 cm³/mol. The van der Waals surface area contributed by atoms with Gasteiger partial charge < -0.3 is 14.2 Å². The highest BCUT2D eigenvalue weighted by Gasteiger charge is 2.42. The number of benzene rings is 1. The molecule has 0 aliphatic carbocycles. The van der Waals surface area contributed by atoms with Gasteiger partial charge in [-0.05, 0) is 52.5 Å². The van der Waals surface area contributed by atoms with Crippen LogP contribution in [0.2, 0.25) is 10.0 Å². The van der Waals surface area contributed by atoms with Crippen molar-refractivity contribution in [2.45, 2.75) is 83.0 Å². The third-order valence-corrected chi connectivity index (χ3v) is 11.2. The van der Waals surface area contributed by atoms with Gasteiger partial charge in [0, 0.05) is 24.6 Å². The number of ether oxygens (including phenoxy) is 1. The second-order valence-corrected chi connectivity index (χ2v) is 14.9. The van der Waals surface area contributed by atoms with Crippen LogP contribution < -0.4 is 4.72 Å². The number of thiazole rings is 1. The molecular weight excluding hydrogens is 694 g/mol. The minimum Gasteiger partial charge on any atom is -0.469 e. The first-order valence-corrected chi connectivity index (χ1v) is 17.3. The lowest BCUT2D eigenvalue weighted by molar-refractivity contribution is -0.152. The third kappa shape index (κ3) is 7.51. The van der Waals surface area contributed by atoms with Gasteiger partial charge in [0.05, 0.1) is 27.4 Å². The molecule has 1 aromatic carbocycles. The maximum Gasteiger partial charge on any atom is 0.404 e. The van der Waals surface area contributed by atoms with E-state index in [1.54, 1.807) is 23.5 Å². The molecule has 3 heterocycles. The highest BCUT2D eigenvalue weighted by Crippen LogP contribution is 2.44. The summed E-state index contributed by atoms with van der Waals surface area (Å²) in [6.45, 7) is 6.89. The molecule has 11 nitrogen and oxygen atoms in total. The Morgan fingerprint density at radius 2 is 1.89 bits per heavy atom. The summed E-state index contributed by atoms with van der Waals surface area (Å²) < 4.78 is 77.8. The number of amides is 1. The van der Waals surface area contributed by atoms with Crippen LogP contribution in [0.5, 0.6) is 0 Å². The summed E-state index contributed by atoms with van der Waals surface area (Å²) in [6, 6.07) is -0.154. The Hall–Kier alpha value is -2.79. The van der Waals surface area contributed by atoms with Crippen molar-refractivity contribution in [1.82, 2.24) is 24.7 Å². The monoisotopic (exact) mass is 725 g/mol. The van der Waals surface area contributed by atoms with Gasteiger partial charge in [0.15, 0.2) is 5.01 Å². The minimum absolute atomic E-state index is 0.0233. The second-order valence-electron chi connectivity index (χ2n) is 11.5. The van der Waals surface area contributed by atoms with E-state index >= 15 is 0 Å². The number of halogens is 5. The molecule has 1 N–H and O–H groups in total. The van der Waals surface area contributed by atoms with Crippen LogP contribution in [-0.2, 0) is 26.0 Å². The summed E-state index contributed by atoms with van der Waals surface area (Å²) in [5, 5.41) is 3.30. The van der Waals surface area contributed by atoms with Gasteiger partial charge >= 0.3 is 12.1 Å². The molecule has 0 spiro atoms. The highest BCUT2D eigenvalue weighted by atomic mass is 35.5. The average Bonchev–Trinajstić information content (AvgIpc) is 3.63. The Bertz CT molecular complexity index is 1730. The number of nitrogens with one attached hydrogen (secondary N) is 1. The Morgan fingerprint density at radius 1 is 1.20 bits per heavy atom. The first kappa shape index (κ1) is 36.1. The number of esters is 1. The Morgan fingerprint density at radius 3 is 2.50 bits per heavy atom. The lowest BCUT2D eigenvalue weighted by Gasteiger charge is -2.33. The zero-order valence-corrected chi connectivity index (χ0v) is 28.6. The lowest BCUT2D eigenvalue weighted by Crippen LogP contribution is -2.44. The molecule has 0 unspecified atom stereocenters. The number of methoxy groups -OCH3 is 1. The number of carbonyl (C=O) groups excluding carboxylic acids is 2. The largest absolute Gasteiger partial charge is 0.469 e. The van der Waals surface area contributed by atoms with E-state index in [1.807, 2.05) is 6.92 Å². The molecule has 1 aliphatic heterocycles. The molecule has 1 saturated heterocycles. The van der Waals surface area contributed by atoms with E-state index in [1.165, 1.54) is 20.1 Å². The van der Waals surface area contributed by atoms with Gasteiger partial charge in [-0.2, -0.15) is 22.9 Å². The van der Waals surface area contributed by atoms with Crippen molar-refractivity contribution >= 4 is 56.4 Å². The predicted octanol–water partition coefficient (Wildman–Crippen LogP) is 6.54. The van der Waals surface area contributed by atoms with Crippen molar-refractivity contribution in [3.05, 3.63) is 33.8 Å². The minimum atomic E-state index is -4.83. The maximum atomic E-state index is 13.9. The van der Waals surface area contributed by atoms with Gasteiger partial charge in [-0.3, -0.25) is 9.59 Å². The van der Waals surface area contributed by atoms with Gasteiger partial charge in [0.25, 0.3) is 5.91 Å². The molecule has 18 heteroatoms. The van der Waals surface area contributed by atoms with Crippen molar-refractivity contribution < 1.29 is 40.4 Å². The number of aromatic nitrogens is 3. The zero-order chi connectivity index (χ0) is 34.2. The molecule has 2 atom stereocenters. The third-order valence-electron chi connectivity index (χ3n) is 7.57. The number of piperidine rings is 1. The van der Waals surface area contributed by atoms with Crippen molar-refractivity contribution in [3.8, 4) is 21.3 Å². The van der Waals surface area contributed by atoms with Crippen LogP contribution in [0, 0.1) is 5.41 Å². The van der Waals surface area contributed by atoms with E-state index < -0.39 is 55.9 Å². The number of hydrogen-bond donors (Lipinski definition) is 1. The van der Waals surface area contributed by atoms with Crippen molar-refractivity contribution in [1.29, 1.82) is 0 Å². The van der Waals surface area contributed by atoms with Gasteiger partial charge in [0.2, 0.25) is 21.7 Å². The summed E-state index contributed by atoms with van der Waals surface area (Å²) >= 11 is 13.9. The van der Waals surface area contributed by atoms with E-state index in [4.69, 9.17) is 32.5 Å². The van der Waals surface area contributed by atoms with E-state index in [0.717, 1.165) is 36.7 Å². The van der Waals surface area contributed by atoms with Crippen LogP contribution in [0.15, 0.2) is 21.6 Å². The summed E-state index contributed by atoms with van der Waals surface area (Å²) in [4.78, 5) is 36.2. The Labute approximate surface area is 277 Å². The fourth-order valence-corrected chi connectivity index (χ4v) is 8.21. The molecule has 4 rings (SSSR count). The first-order chi connectivity index (χ1) is 21.4. The van der Waals surface area contributed by atoms with Crippen LogP contribution in [0.1, 0.15) is 69.8 Å². The van der Waals surface area contributed by atoms with Crippen LogP contribution >= 0.6 is 34.5 Å². The number of rotatable bonds is 10. The molecule has 1 fully saturated rings. The zero-order valence-electron chi connectivity index (χ0n) is 25.5. The molecule has 1 amide bonds. The fraction of sp³-hybridized carbons (Fsp3) is 0.536. The van der Waals surface area contributed by atoms with Crippen LogP contribution in [-0.4, -0.2) is 72.2 Å². The van der Waals surface area contributed by atoms with E-state index in [0.29, 0.717) is 6.54 Å². The number of likely N-dealkylation sites (tertiary alicyclic amines) is 1. The van der Waals surface area contributed by atoms with Gasteiger partial charge in [-0.15, -0.1) is 11.3 Å². The number of alkyl halides is 3. The fourth-order valence-electron chi connectivity index (χ4n) is 4.97. The molecule has 1 aliphatic rings. The topological polar surface area (TPSA) is 145 Å². The standard InChI is InChI=1S/C28H32Cl2F3N5O6S2/c1-6-17(28(31,32)33)37-46(41,42)16-11-10-15(19(29)20(16)30)22-21(25(39)38-12-8-7-9-14(38)2)35-24(45-22)23-34-18(44-36-23)13-27(3,4)26(40)43-5/h10-11,14,17,37H,6-9,12-13H2,1-5H3/t14-,17-/m0/s1. The van der Waals surface area contributed by atoms with Gasteiger partial charge in [0.1, 0.15) is 16.6 Å². The number of carbonyl (C=O) groups is 2. The Balaban J connectivity index is 1.79. The summed E-state index contributed by atoms with van der Waals surface area (Å²) in [7, 11) is -3.49.